The predicted molar refractivity (Wildman–Crippen MR) is 131 cm³/mol. The highest BCUT2D eigenvalue weighted by molar-refractivity contribution is 9.10. The first-order valence-corrected chi connectivity index (χ1v) is 11.3. The van der Waals surface area contributed by atoms with Crippen molar-refractivity contribution in [2.24, 2.45) is 0 Å². The van der Waals surface area contributed by atoms with Crippen molar-refractivity contribution in [3.8, 4) is 11.3 Å². The molecule has 0 spiro atoms. The molecule has 0 radical (unpaired) electrons. The molecule has 4 heteroatoms. The fourth-order valence-corrected chi connectivity index (χ4v) is 5.07. The van der Waals surface area contributed by atoms with Gasteiger partial charge in [0.1, 0.15) is 0 Å². The molecule has 5 aromatic rings. The third-order valence-corrected chi connectivity index (χ3v) is 6.65. The van der Waals surface area contributed by atoms with Crippen molar-refractivity contribution in [3.05, 3.63) is 83.3 Å². The lowest BCUT2D eigenvalue weighted by Gasteiger charge is -2.20. The summed E-state index contributed by atoms with van der Waals surface area (Å²) in [6, 6.07) is 27.4. The minimum atomic E-state index is 0.182. The van der Waals surface area contributed by atoms with Crippen LogP contribution in [0.15, 0.2) is 83.3 Å². The summed E-state index contributed by atoms with van der Waals surface area (Å²) in [6.07, 6.45) is 1.50. The van der Waals surface area contributed by atoms with Gasteiger partial charge in [-0.2, -0.15) is 0 Å². The number of anilines is 1. The number of carbonyl (C=O) groups excluding carboxylic acids is 1. The molecule has 31 heavy (non-hydrogen) atoms. The van der Waals surface area contributed by atoms with Crippen LogP contribution < -0.4 is 4.90 Å². The summed E-state index contributed by atoms with van der Waals surface area (Å²) in [5.74, 6) is 0.182. The zero-order chi connectivity index (χ0) is 20.9. The number of amides is 1. The first-order chi connectivity index (χ1) is 15.2. The lowest BCUT2D eigenvalue weighted by Crippen LogP contribution is -2.24. The molecule has 4 aromatic carbocycles. The molecule has 0 bridgehead atoms. The molecular weight excluding hydrogens is 448 g/mol. The van der Waals surface area contributed by atoms with Gasteiger partial charge in [-0.3, -0.25) is 4.79 Å². The van der Waals surface area contributed by atoms with Gasteiger partial charge >= 0.3 is 0 Å². The molecule has 1 aliphatic heterocycles. The topological polar surface area (TPSA) is 33.2 Å². The molecular formula is C27H19BrN2O. The predicted octanol–water partition coefficient (Wildman–Crippen LogP) is 7.10. The van der Waals surface area contributed by atoms with Crippen molar-refractivity contribution in [2.45, 2.75) is 12.8 Å². The first kappa shape index (κ1) is 18.5. The maximum Gasteiger partial charge on any atom is 0.227 e. The quantitative estimate of drug-likeness (QED) is 0.260. The third kappa shape index (κ3) is 3.02. The monoisotopic (exact) mass is 466 g/mol. The Morgan fingerprint density at radius 3 is 2.39 bits per heavy atom. The highest BCUT2D eigenvalue weighted by Crippen LogP contribution is 2.39. The van der Waals surface area contributed by atoms with E-state index in [4.69, 9.17) is 4.98 Å². The summed E-state index contributed by atoms with van der Waals surface area (Å²) in [7, 11) is 0. The molecule has 0 unspecified atom stereocenters. The van der Waals surface area contributed by atoms with Gasteiger partial charge in [-0.1, -0.05) is 64.5 Å². The number of rotatable bonds is 2. The van der Waals surface area contributed by atoms with Crippen LogP contribution >= 0.6 is 15.9 Å². The molecule has 1 amide bonds. The van der Waals surface area contributed by atoms with Crippen LogP contribution in [-0.2, 0) is 4.79 Å². The van der Waals surface area contributed by atoms with Gasteiger partial charge < -0.3 is 4.90 Å². The van der Waals surface area contributed by atoms with Gasteiger partial charge in [-0.15, -0.1) is 0 Å². The Morgan fingerprint density at radius 2 is 1.58 bits per heavy atom. The van der Waals surface area contributed by atoms with E-state index in [9.17, 15) is 4.79 Å². The summed E-state index contributed by atoms with van der Waals surface area (Å²) in [4.78, 5) is 19.6. The minimum absolute atomic E-state index is 0.182. The summed E-state index contributed by atoms with van der Waals surface area (Å²) in [6.45, 7) is 0.752. The van der Waals surface area contributed by atoms with Crippen molar-refractivity contribution in [1.82, 2.24) is 4.98 Å². The van der Waals surface area contributed by atoms with E-state index in [1.807, 2.05) is 17.0 Å². The van der Waals surface area contributed by atoms with Gasteiger partial charge in [0.25, 0.3) is 0 Å². The summed E-state index contributed by atoms with van der Waals surface area (Å²) < 4.78 is 0.985. The Bertz CT molecular complexity index is 1510. The lowest BCUT2D eigenvalue weighted by molar-refractivity contribution is -0.117. The van der Waals surface area contributed by atoms with Crippen LogP contribution in [0.1, 0.15) is 12.8 Å². The highest BCUT2D eigenvalue weighted by Gasteiger charge is 2.25. The molecule has 1 aromatic heterocycles. The average Bonchev–Trinajstić information content (AvgIpc) is 3.23. The maximum atomic E-state index is 12.6. The Morgan fingerprint density at radius 1 is 0.806 bits per heavy atom. The lowest BCUT2D eigenvalue weighted by atomic mass is 9.95. The molecule has 0 atom stereocenters. The molecule has 0 N–H and O–H groups in total. The number of benzene rings is 4. The number of hydrogen-bond donors (Lipinski definition) is 0. The first-order valence-electron chi connectivity index (χ1n) is 10.5. The molecule has 2 heterocycles. The molecule has 1 fully saturated rings. The standard InChI is InChI=1S/C27H19BrN2O/c28-18-11-12-24-23(15-18)26(30-13-5-10-27(30)31)16-25(29-24)22-14-17-6-1-2-7-19(17)20-8-3-4-9-21(20)22/h1-4,6-9,11-12,14-16H,5,10,13H2. The summed E-state index contributed by atoms with van der Waals surface area (Å²) >= 11 is 3.58. The zero-order valence-corrected chi connectivity index (χ0v) is 18.4. The van der Waals surface area contributed by atoms with Gasteiger partial charge in [0.05, 0.1) is 16.9 Å². The number of nitrogens with zero attached hydrogens (tertiary/aromatic N) is 2. The van der Waals surface area contributed by atoms with E-state index in [-0.39, 0.29) is 5.91 Å². The Hall–Kier alpha value is -3.24. The number of hydrogen-bond acceptors (Lipinski definition) is 2. The number of pyridine rings is 1. The van der Waals surface area contributed by atoms with Crippen LogP contribution in [0.5, 0.6) is 0 Å². The van der Waals surface area contributed by atoms with Gasteiger partial charge in [0.15, 0.2) is 0 Å². The minimum Gasteiger partial charge on any atom is -0.312 e. The zero-order valence-electron chi connectivity index (χ0n) is 16.8. The van der Waals surface area contributed by atoms with Crippen LogP contribution in [-0.4, -0.2) is 17.4 Å². The summed E-state index contributed by atoms with van der Waals surface area (Å²) in [5.41, 5.74) is 3.83. The SMILES string of the molecule is O=C1CCCN1c1cc(-c2cc3ccccc3c3ccccc23)nc2ccc(Br)cc12. The van der Waals surface area contributed by atoms with Crippen LogP contribution in [0.2, 0.25) is 0 Å². The second kappa shape index (κ2) is 7.17. The van der Waals surface area contributed by atoms with Crippen molar-refractivity contribution in [3.63, 3.8) is 0 Å². The van der Waals surface area contributed by atoms with Gasteiger partial charge in [0, 0.05) is 28.4 Å². The van der Waals surface area contributed by atoms with E-state index < -0.39 is 0 Å². The average molecular weight is 467 g/mol. The van der Waals surface area contributed by atoms with Crippen LogP contribution in [0, 0.1) is 0 Å². The third-order valence-electron chi connectivity index (χ3n) is 6.16. The Labute approximate surface area is 188 Å². The largest absolute Gasteiger partial charge is 0.312 e. The molecule has 3 nitrogen and oxygen atoms in total. The highest BCUT2D eigenvalue weighted by atomic mass is 79.9. The van der Waals surface area contributed by atoms with Gasteiger partial charge in [-0.25, -0.2) is 4.98 Å². The van der Waals surface area contributed by atoms with Gasteiger partial charge in [0.2, 0.25) is 5.91 Å². The number of fused-ring (bicyclic) bond motifs is 4. The van der Waals surface area contributed by atoms with Crippen LogP contribution in [0.4, 0.5) is 5.69 Å². The van der Waals surface area contributed by atoms with E-state index in [1.165, 1.54) is 21.5 Å². The van der Waals surface area contributed by atoms with Crippen molar-refractivity contribution >= 4 is 60.0 Å². The molecule has 1 saturated heterocycles. The molecule has 1 aliphatic rings. The maximum absolute atomic E-state index is 12.6. The second-order valence-electron chi connectivity index (χ2n) is 8.03. The molecule has 6 rings (SSSR count). The fraction of sp³-hybridized carbons (Fsp3) is 0.111. The van der Waals surface area contributed by atoms with E-state index >= 15 is 0 Å². The number of aromatic nitrogens is 1. The Balaban J connectivity index is 1.69. The number of carbonyl (C=O) groups is 1. The normalized spacial score (nSPS) is 14.2. The molecule has 0 saturated carbocycles. The van der Waals surface area contributed by atoms with Crippen molar-refractivity contribution in [2.75, 3.05) is 11.4 Å². The van der Waals surface area contributed by atoms with E-state index in [0.29, 0.717) is 6.42 Å². The van der Waals surface area contributed by atoms with E-state index in [0.717, 1.165) is 45.3 Å². The van der Waals surface area contributed by atoms with Crippen molar-refractivity contribution in [1.29, 1.82) is 0 Å². The smallest absolute Gasteiger partial charge is 0.227 e. The van der Waals surface area contributed by atoms with Gasteiger partial charge in [-0.05, 0) is 58.3 Å². The van der Waals surface area contributed by atoms with Crippen LogP contribution in [0.25, 0.3) is 43.7 Å². The molecule has 150 valence electrons. The van der Waals surface area contributed by atoms with E-state index in [1.54, 1.807) is 0 Å². The summed E-state index contributed by atoms with van der Waals surface area (Å²) in [5, 5.41) is 5.81. The molecule has 0 aliphatic carbocycles. The van der Waals surface area contributed by atoms with E-state index in [2.05, 4.69) is 82.7 Å². The Kier molecular flexibility index (Phi) is 4.29. The fourth-order valence-electron chi connectivity index (χ4n) is 4.71. The second-order valence-corrected chi connectivity index (χ2v) is 8.94. The number of halogens is 1. The van der Waals surface area contributed by atoms with Crippen molar-refractivity contribution < 1.29 is 4.79 Å². The van der Waals surface area contributed by atoms with Crippen LogP contribution in [0.3, 0.4) is 0 Å².